The standard InChI is InChI=1S/C23H34N4O6S/c1-2-3-8-24-22(28)17-25-10-12-26(13-11-25)23(29)19-5-4-9-27(19)34(30,31)18-6-7-20-21(16-18)33-15-14-32-20/h6-7,16,19H,2-5,8-15,17H2,1H3,(H,24,28). The number of carbonyl (C=O) groups is 2. The van der Waals surface area contributed by atoms with Crippen LogP contribution in [0.4, 0.5) is 0 Å². The lowest BCUT2D eigenvalue weighted by Crippen LogP contribution is -2.55. The highest BCUT2D eigenvalue weighted by Gasteiger charge is 2.42. The second-order valence-electron chi connectivity index (χ2n) is 8.88. The molecule has 2 amide bonds. The van der Waals surface area contributed by atoms with Crippen LogP contribution in [0.2, 0.25) is 0 Å². The summed E-state index contributed by atoms with van der Waals surface area (Å²) < 4.78 is 39.2. The molecule has 4 rings (SSSR count). The van der Waals surface area contributed by atoms with Gasteiger partial charge in [0.15, 0.2) is 11.5 Å². The molecule has 1 aromatic rings. The van der Waals surface area contributed by atoms with Crippen LogP contribution in [0.5, 0.6) is 11.5 Å². The summed E-state index contributed by atoms with van der Waals surface area (Å²) in [6.45, 7) is 6.34. The van der Waals surface area contributed by atoms with Crippen molar-refractivity contribution in [2.75, 3.05) is 59.0 Å². The molecule has 1 unspecified atom stereocenters. The van der Waals surface area contributed by atoms with Gasteiger partial charge in [0, 0.05) is 45.3 Å². The van der Waals surface area contributed by atoms with Crippen molar-refractivity contribution >= 4 is 21.8 Å². The van der Waals surface area contributed by atoms with Crippen molar-refractivity contribution in [3.63, 3.8) is 0 Å². The maximum Gasteiger partial charge on any atom is 0.243 e. The van der Waals surface area contributed by atoms with Crippen LogP contribution in [0.1, 0.15) is 32.6 Å². The summed E-state index contributed by atoms with van der Waals surface area (Å²) >= 11 is 0. The first-order valence-corrected chi connectivity index (χ1v) is 13.5. The molecule has 2 saturated heterocycles. The Labute approximate surface area is 201 Å². The zero-order chi connectivity index (χ0) is 24.1. The van der Waals surface area contributed by atoms with E-state index in [0.29, 0.717) is 83.4 Å². The molecule has 0 spiro atoms. The van der Waals surface area contributed by atoms with Crippen LogP contribution in [0.3, 0.4) is 0 Å². The smallest absolute Gasteiger partial charge is 0.243 e. The average molecular weight is 495 g/mol. The van der Waals surface area contributed by atoms with Gasteiger partial charge in [0.25, 0.3) is 0 Å². The summed E-state index contributed by atoms with van der Waals surface area (Å²) in [6, 6.07) is 3.88. The number of hydrogen-bond acceptors (Lipinski definition) is 7. The largest absolute Gasteiger partial charge is 0.486 e. The number of amides is 2. The van der Waals surface area contributed by atoms with E-state index < -0.39 is 16.1 Å². The van der Waals surface area contributed by atoms with Crippen molar-refractivity contribution in [2.45, 2.75) is 43.5 Å². The molecule has 0 aromatic heterocycles. The van der Waals surface area contributed by atoms with Crippen LogP contribution < -0.4 is 14.8 Å². The number of benzene rings is 1. The average Bonchev–Trinajstić information content (AvgIpc) is 3.35. The molecule has 0 aliphatic carbocycles. The maximum atomic E-state index is 13.4. The van der Waals surface area contributed by atoms with E-state index in [2.05, 4.69) is 12.2 Å². The third kappa shape index (κ3) is 5.47. The van der Waals surface area contributed by atoms with Crippen molar-refractivity contribution in [1.29, 1.82) is 0 Å². The molecule has 1 N–H and O–H groups in total. The topological polar surface area (TPSA) is 108 Å². The van der Waals surface area contributed by atoms with Crippen molar-refractivity contribution in [2.24, 2.45) is 0 Å². The minimum atomic E-state index is -3.86. The van der Waals surface area contributed by atoms with Gasteiger partial charge in [0.05, 0.1) is 11.4 Å². The number of unbranched alkanes of at least 4 members (excludes halogenated alkanes) is 1. The molecule has 1 atom stereocenters. The molecule has 11 heteroatoms. The summed E-state index contributed by atoms with van der Waals surface area (Å²) in [5.74, 6) is 0.770. The lowest BCUT2D eigenvalue weighted by Gasteiger charge is -2.36. The summed E-state index contributed by atoms with van der Waals surface area (Å²) in [5, 5.41) is 2.92. The first-order chi connectivity index (χ1) is 16.4. The zero-order valence-corrected chi connectivity index (χ0v) is 20.5. The molecular formula is C23H34N4O6S. The fourth-order valence-electron chi connectivity index (χ4n) is 4.59. The molecule has 10 nitrogen and oxygen atoms in total. The SMILES string of the molecule is CCCCNC(=O)CN1CCN(C(=O)C2CCCN2S(=O)(=O)c2ccc3c(c2)OCCO3)CC1. The summed E-state index contributed by atoms with van der Waals surface area (Å²) in [5.41, 5.74) is 0. The molecular weight excluding hydrogens is 460 g/mol. The first kappa shape index (κ1) is 24.7. The van der Waals surface area contributed by atoms with Gasteiger partial charge in [0.1, 0.15) is 19.3 Å². The van der Waals surface area contributed by atoms with Crippen molar-refractivity contribution in [1.82, 2.24) is 19.4 Å². The van der Waals surface area contributed by atoms with Gasteiger partial charge in [-0.1, -0.05) is 13.3 Å². The summed E-state index contributed by atoms with van der Waals surface area (Å²) in [4.78, 5) is 29.2. The predicted octanol–water partition coefficient (Wildman–Crippen LogP) is 0.671. The Hall–Kier alpha value is -2.37. The first-order valence-electron chi connectivity index (χ1n) is 12.1. The van der Waals surface area contributed by atoms with E-state index >= 15 is 0 Å². The van der Waals surface area contributed by atoms with Crippen LogP contribution in [-0.4, -0.2) is 99.4 Å². The minimum Gasteiger partial charge on any atom is -0.486 e. The van der Waals surface area contributed by atoms with E-state index in [-0.39, 0.29) is 16.7 Å². The molecule has 0 saturated carbocycles. The Morgan fingerprint density at radius 2 is 1.79 bits per heavy atom. The fourth-order valence-corrected chi connectivity index (χ4v) is 6.26. The van der Waals surface area contributed by atoms with Gasteiger partial charge in [0.2, 0.25) is 21.8 Å². The van der Waals surface area contributed by atoms with Gasteiger partial charge in [-0.3, -0.25) is 14.5 Å². The summed E-state index contributed by atoms with van der Waals surface area (Å²) in [6.07, 6.45) is 3.13. The monoisotopic (exact) mass is 494 g/mol. The number of sulfonamides is 1. The van der Waals surface area contributed by atoms with Gasteiger partial charge in [-0.15, -0.1) is 0 Å². The highest BCUT2D eigenvalue weighted by molar-refractivity contribution is 7.89. The Morgan fingerprint density at radius 1 is 1.06 bits per heavy atom. The van der Waals surface area contributed by atoms with Crippen molar-refractivity contribution < 1.29 is 27.5 Å². The van der Waals surface area contributed by atoms with Gasteiger partial charge in [-0.2, -0.15) is 4.31 Å². The van der Waals surface area contributed by atoms with Gasteiger partial charge < -0.3 is 19.7 Å². The van der Waals surface area contributed by atoms with Crippen molar-refractivity contribution in [3.05, 3.63) is 18.2 Å². The molecule has 3 heterocycles. The number of nitrogens with one attached hydrogen (secondary N) is 1. The highest BCUT2D eigenvalue weighted by atomic mass is 32.2. The van der Waals surface area contributed by atoms with Gasteiger partial charge >= 0.3 is 0 Å². The molecule has 1 aromatic carbocycles. The highest BCUT2D eigenvalue weighted by Crippen LogP contribution is 2.35. The van der Waals surface area contributed by atoms with E-state index in [4.69, 9.17) is 9.47 Å². The van der Waals surface area contributed by atoms with Crippen LogP contribution in [-0.2, 0) is 19.6 Å². The lowest BCUT2D eigenvalue weighted by atomic mass is 10.2. The predicted molar refractivity (Wildman–Crippen MR) is 125 cm³/mol. The second kappa shape index (κ2) is 10.9. The molecule has 188 valence electrons. The summed E-state index contributed by atoms with van der Waals surface area (Å²) in [7, 11) is -3.86. The normalized spacial score (nSPS) is 21.4. The molecule has 0 bridgehead atoms. The molecule has 34 heavy (non-hydrogen) atoms. The number of piperazine rings is 1. The molecule has 3 aliphatic rings. The van der Waals surface area contributed by atoms with Gasteiger partial charge in [-0.25, -0.2) is 8.42 Å². The Morgan fingerprint density at radius 3 is 2.53 bits per heavy atom. The van der Waals surface area contributed by atoms with E-state index in [0.717, 1.165) is 12.8 Å². The maximum absolute atomic E-state index is 13.4. The van der Waals surface area contributed by atoms with Gasteiger partial charge in [-0.05, 0) is 31.4 Å². The van der Waals surface area contributed by atoms with Crippen LogP contribution in [0, 0.1) is 0 Å². The third-order valence-electron chi connectivity index (χ3n) is 6.51. The Balaban J connectivity index is 1.36. The van der Waals surface area contributed by atoms with E-state index in [1.807, 2.05) is 4.90 Å². The number of ether oxygens (including phenoxy) is 2. The molecule has 3 aliphatic heterocycles. The van der Waals surface area contributed by atoms with E-state index in [1.165, 1.54) is 16.4 Å². The molecule has 2 fully saturated rings. The van der Waals surface area contributed by atoms with E-state index in [1.54, 1.807) is 11.0 Å². The fraction of sp³-hybridized carbons (Fsp3) is 0.652. The minimum absolute atomic E-state index is 0.000664. The van der Waals surface area contributed by atoms with Crippen LogP contribution >= 0.6 is 0 Å². The number of nitrogens with zero attached hydrogens (tertiary/aromatic N) is 3. The third-order valence-corrected chi connectivity index (χ3v) is 8.42. The van der Waals surface area contributed by atoms with Crippen LogP contribution in [0.15, 0.2) is 23.1 Å². The lowest BCUT2D eigenvalue weighted by molar-refractivity contribution is -0.136. The molecule has 0 radical (unpaired) electrons. The zero-order valence-electron chi connectivity index (χ0n) is 19.7. The Kier molecular flexibility index (Phi) is 7.95. The van der Waals surface area contributed by atoms with Crippen LogP contribution in [0.25, 0.3) is 0 Å². The number of rotatable bonds is 8. The van der Waals surface area contributed by atoms with Crippen molar-refractivity contribution in [3.8, 4) is 11.5 Å². The van der Waals surface area contributed by atoms with E-state index in [9.17, 15) is 18.0 Å². The Bertz CT molecular complexity index is 993. The number of carbonyl (C=O) groups excluding carboxylic acids is 2. The number of fused-ring (bicyclic) bond motifs is 1. The number of hydrogen-bond donors (Lipinski definition) is 1. The quantitative estimate of drug-likeness (QED) is 0.529. The second-order valence-corrected chi connectivity index (χ2v) is 10.8.